The lowest BCUT2D eigenvalue weighted by Crippen LogP contribution is -1.98. The Bertz CT molecular complexity index is 655. The third-order valence-corrected chi connectivity index (χ3v) is 4.28. The molecule has 0 amide bonds. The van der Waals surface area contributed by atoms with E-state index < -0.39 is 0 Å². The molecule has 0 bridgehead atoms. The largest absolute Gasteiger partial charge is 0.192 e. The van der Waals surface area contributed by atoms with E-state index in [1.54, 1.807) is 0 Å². The highest BCUT2D eigenvalue weighted by molar-refractivity contribution is 7.99. The van der Waals surface area contributed by atoms with E-state index in [4.69, 9.17) is 0 Å². The molecule has 0 saturated heterocycles. The van der Waals surface area contributed by atoms with E-state index in [2.05, 4.69) is 54.4 Å². The molecule has 3 nitrogen and oxygen atoms in total. The highest BCUT2D eigenvalue weighted by atomic mass is 32.2. The van der Waals surface area contributed by atoms with Gasteiger partial charge >= 0.3 is 0 Å². The molecule has 0 aliphatic rings. The van der Waals surface area contributed by atoms with Crippen LogP contribution in [0.5, 0.6) is 0 Å². The quantitative estimate of drug-likeness (QED) is 0.845. The minimum atomic E-state index is 0.519. The fraction of sp³-hybridized carbons (Fsp3) is 0.312. The zero-order valence-corrected chi connectivity index (χ0v) is 13.0. The normalized spacial score (nSPS) is 10.6. The average Bonchev–Trinajstić information content (AvgIpc) is 2.44. The second-order valence-electron chi connectivity index (χ2n) is 5.03. The first-order chi connectivity index (χ1) is 9.52. The van der Waals surface area contributed by atoms with Crippen LogP contribution in [0.2, 0.25) is 0 Å². The number of rotatable bonds is 3. The Kier molecular flexibility index (Phi) is 4.41. The van der Waals surface area contributed by atoms with Crippen molar-refractivity contribution in [3.63, 3.8) is 0 Å². The third-order valence-electron chi connectivity index (χ3n) is 3.30. The van der Waals surface area contributed by atoms with Crippen LogP contribution >= 0.6 is 11.8 Å². The maximum Gasteiger partial charge on any atom is 0.142 e. The molecule has 0 atom stereocenters. The highest BCUT2D eigenvalue weighted by Crippen LogP contribution is 2.30. The maximum atomic E-state index is 9.29. The Hall–Kier alpha value is -1.86. The van der Waals surface area contributed by atoms with Gasteiger partial charge in [0.15, 0.2) is 0 Å². The van der Waals surface area contributed by atoms with Gasteiger partial charge in [0.25, 0.3) is 0 Å². The molecule has 0 N–H and O–H groups in total. The number of aryl methyl sites for hydroxylation is 1. The summed E-state index contributed by atoms with van der Waals surface area (Å²) in [4.78, 5) is 1.07. The zero-order chi connectivity index (χ0) is 14.7. The van der Waals surface area contributed by atoms with Crippen LogP contribution < -0.4 is 0 Å². The van der Waals surface area contributed by atoms with Gasteiger partial charge in [0.1, 0.15) is 11.1 Å². The second-order valence-corrected chi connectivity index (χ2v) is 6.09. The van der Waals surface area contributed by atoms with Gasteiger partial charge in [-0.2, -0.15) is 10.4 Å². The summed E-state index contributed by atoms with van der Waals surface area (Å²) >= 11 is 1.49. The SMILES string of the molecule is Cc1nnc(Sc2ccc(C(C)C)cc2)c(C#N)c1C. The van der Waals surface area contributed by atoms with Crippen LogP contribution in [0.15, 0.2) is 34.2 Å². The van der Waals surface area contributed by atoms with Crippen LogP contribution in [0.1, 0.15) is 42.1 Å². The smallest absolute Gasteiger partial charge is 0.142 e. The monoisotopic (exact) mass is 283 g/mol. The molecule has 20 heavy (non-hydrogen) atoms. The molecule has 1 aromatic carbocycles. The number of nitrogens with zero attached hydrogens (tertiary/aromatic N) is 3. The van der Waals surface area contributed by atoms with E-state index >= 15 is 0 Å². The van der Waals surface area contributed by atoms with Gasteiger partial charge in [-0.05, 0) is 43.0 Å². The highest BCUT2D eigenvalue weighted by Gasteiger charge is 2.12. The van der Waals surface area contributed by atoms with Crippen LogP contribution in [-0.4, -0.2) is 10.2 Å². The standard InChI is InChI=1S/C16H17N3S/c1-10(2)13-5-7-14(8-6-13)20-16-15(9-17)11(3)12(4)18-19-16/h5-8,10H,1-4H3. The zero-order valence-electron chi connectivity index (χ0n) is 12.1. The number of hydrogen-bond donors (Lipinski definition) is 0. The lowest BCUT2D eigenvalue weighted by Gasteiger charge is -2.08. The molecule has 0 fully saturated rings. The fourth-order valence-corrected chi connectivity index (χ4v) is 2.70. The van der Waals surface area contributed by atoms with Gasteiger partial charge < -0.3 is 0 Å². The Morgan fingerprint density at radius 2 is 1.75 bits per heavy atom. The Labute approximate surface area is 124 Å². The van der Waals surface area contributed by atoms with Gasteiger partial charge in [0.2, 0.25) is 0 Å². The van der Waals surface area contributed by atoms with Crippen molar-refractivity contribution >= 4 is 11.8 Å². The summed E-state index contributed by atoms with van der Waals surface area (Å²) in [7, 11) is 0. The minimum Gasteiger partial charge on any atom is -0.192 e. The van der Waals surface area contributed by atoms with E-state index in [0.29, 0.717) is 16.5 Å². The summed E-state index contributed by atoms with van der Waals surface area (Å²) in [6.45, 7) is 8.12. The number of benzene rings is 1. The molecule has 1 heterocycles. The number of nitriles is 1. The number of hydrogen-bond acceptors (Lipinski definition) is 4. The van der Waals surface area contributed by atoms with Crippen LogP contribution in [0.3, 0.4) is 0 Å². The van der Waals surface area contributed by atoms with E-state index in [1.165, 1.54) is 17.3 Å². The molecule has 102 valence electrons. The first-order valence-electron chi connectivity index (χ1n) is 6.54. The lowest BCUT2D eigenvalue weighted by molar-refractivity contribution is 0.863. The van der Waals surface area contributed by atoms with Gasteiger partial charge in [-0.1, -0.05) is 37.7 Å². The van der Waals surface area contributed by atoms with Crippen LogP contribution in [0.25, 0.3) is 0 Å². The van der Waals surface area contributed by atoms with E-state index in [0.717, 1.165) is 16.2 Å². The van der Waals surface area contributed by atoms with E-state index in [-0.39, 0.29) is 0 Å². The van der Waals surface area contributed by atoms with Gasteiger partial charge in [-0.15, -0.1) is 5.10 Å². The van der Waals surface area contributed by atoms with Crippen molar-refractivity contribution in [3.8, 4) is 6.07 Å². The molecule has 0 aliphatic heterocycles. The van der Waals surface area contributed by atoms with Crippen molar-refractivity contribution < 1.29 is 0 Å². The molecule has 0 radical (unpaired) electrons. The Morgan fingerprint density at radius 1 is 1.10 bits per heavy atom. The van der Waals surface area contributed by atoms with Crippen LogP contribution in [-0.2, 0) is 0 Å². The molecular weight excluding hydrogens is 266 g/mol. The topological polar surface area (TPSA) is 49.6 Å². The van der Waals surface area contributed by atoms with Crippen molar-refractivity contribution in [1.29, 1.82) is 5.26 Å². The van der Waals surface area contributed by atoms with Crippen molar-refractivity contribution in [2.75, 3.05) is 0 Å². The summed E-state index contributed by atoms with van der Waals surface area (Å²) in [5, 5.41) is 18.2. The summed E-state index contributed by atoms with van der Waals surface area (Å²) in [6.07, 6.45) is 0. The van der Waals surface area contributed by atoms with Crippen molar-refractivity contribution in [2.45, 2.75) is 43.5 Å². The minimum absolute atomic E-state index is 0.519. The Balaban J connectivity index is 2.31. The van der Waals surface area contributed by atoms with Crippen molar-refractivity contribution in [3.05, 3.63) is 46.6 Å². The molecule has 2 aromatic rings. The predicted octanol–water partition coefficient (Wildman–Crippen LogP) is 4.24. The molecule has 0 saturated carbocycles. The first kappa shape index (κ1) is 14.5. The average molecular weight is 283 g/mol. The Morgan fingerprint density at radius 3 is 2.30 bits per heavy atom. The van der Waals surface area contributed by atoms with Crippen LogP contribution in [0.4, 0.5) is 0 Å². The van der Waals surface area contributed by atoms with E-state index in [1.807, 2.05) is 13.8 Å². The van der Waals surface area contributed by atoms with Gasteiger partial charge in [-0.3, -0.25) is 0 Å². The summed E-state index contributed by atoms with van der Waals surface area (Å²) in [6, 6.07) is 10.6. The molecule has 0 spiro atoms. The lowest BCUT2D eigenvalue weighted by atomic mass is 10.0. The molecule has 2 rings (SSSR count). The maximum absolute atomic E-state index is 9.29. The third kappa shape index (κ3) is 3.00. The van der Waals surface area contributed by atoms with E-state index in [9.17, 15) is 5.26 Å². The molecule has 1 aromatic heterocycles. The summed E-state index contributed by atoms with van der Waals surface area (Å²) in [5.74, 6) is 0.519. The summed E-state index contributed by atoms with van der Waals surface area (Å²) < 4.78 is 0. The molecule has 4 heteroatoms. The fourth-order valence-electron chi connectivity index (χ4n) is 1.82. The molecule has 0 unspecified atom stereocenters. The molecule has 0 aliphatic carbocycles. The van der Waals surface area contributed by atoms with Gasteiger partial charge in [0.05, 0.1) is 11.3 Å². The first-order valence-corrected chi connectivity index (χ1v) is 7.36. The van der Waals surface area contributed by atoms with Crippen molar-refractivity contribution in [2.24, 2.45) is 0 Å². The molecular formula is C16H17N3S. The van der Waals surface area contributed by atoms with Crippen LogP contribution in [0, 0.1) is 25.2 Å². The predicted molar refractivity (Wildman–Crippen MR) is 80.9 cm³/mol. The van der Waals surface area contributed by atoms with Crippen molar-refractivity contribution in [1.82, 2.24) is 10.2 Å². The van der Waals surface area contributed by atoms with Gasteiger partial charge in [0, 0.05) is 4.90 Å². The van der Waals surface area contributed by atoms with Gasteiger partial charge in [-0.25, -0.2) is 0 Å². The second kappa shape index (κ2) is 6.06. The summed E-state index contributed by atoms with van der Waals surface area (Å²) in [5.41, 5.74) is 3.64. The number of aromatic nitrogens is 2.